The van der Waals surface area contributed by atoms with Crippen molar-refractivity contribution in [2.24, 2.45) is 0 Å². The lowest BCUT2D eigenvalue weighted by Gasteiger charge is -2.27. The molecule has 1 N–H and O–H groups in total. The van der Waals surface area contributed by atoms with Crippen LogP contribution in [0.15, 0.2) is 18.2 Å². The number of hydrogen-bond acceptors (Lipinski definition) is 3. The Hall–Kier alpha value is -1.17. The number of carbonyl (C=O) groups is 1. The summed E-state index contributed by atoms with van der Waals surface area (Å²) in [6.07, 6.45) is 0. The van der Waals surface area contributed by atoms with Crippen LogP contribution in [0.1, 0.15) is 13.8 Å². The number of benzene rings is 1. The van der Waals surface area contributed by atoms with Crippen molar-refractivity contribution < 1.29 is 9.53 Å². The fourth-order valence-corrected chi connectivity index (χ4v) is 2.20. The van der Waals surface area contributed by atoms with Gasteiger partial charge in [-0.1, -0.05) is 23.2 Å². The van der Waals surface area contributed by atoms with Gasteiger partial charge in [-0.25, -0.2) is 4.79 Å². The van der Waals surface area contributed by atoms with Gasteiger partial charge in [0.25, 0.3) is 0 Å². The molecule has 23 heavy (non-hydrogen) atoms. The van der Waals surface area contributed by atoms with Gasteiger partial charge in [-0.3, -0.25) is 0 Å². The lowest BCUT2D eigenvalue weighted by atomic mass is 10.3. The smallest absolute Gasteiger partial charge is 0.317 e. The highest BCUT2D eigenvalue weighted by Gasteiger charge is 2.16. The number of hydrogen-bond donors (Lipinski definition) is 1. The van der Waals surface area contributed by atoms with Gasteiger partial charge >= 0.3 is 6.03 Å². The molecule has 0 heterocycles. The molecule has 0 bridgehead atoms. The summed E-state index contributed by atoms with van der Waals surface area (Å²) in [7, 11) is 3.94. The molecule has 0 saturated carbocycles. The standard InChI is InChI=1S/C16H25Cl2N3O2/c1-12(2)21(16(22)19-7-8-20(3)4)9-10-23-13-5-6-14(17)15(18)11-13/h5-6,11-12H,7-10H2,1-4H3,(H,19,22). The molecular weight excluding hydrogens is 337 g/mol. The summed E-state index contributed by atoms with van der Waals surface area (Å²) in [5, 5.41) is 3.85. The maximum absolute atomic E-state index is 12.2. The Morgan fingerprint density at radius 1 is 1.22 bits per heavy atom. The van der Waals surface area contributed by atoms with Gasteiger partial charge in [-0.2, -0.15) is 0 Å². The zero-order chi connectivity index (χ0) is 17.4. The molecule has 0 radical (unpaired) electrons. The van der Waals surface area contributed by atoms with Crippen molar-refractivity contribution in [3.05, 3.63) is 28.2 Å². The Kier molecular flexibility index (Phi) is 8.52. The van der Waals surface area contributed by atoms with E-state index in [0.29, 0.717) is 35.5 Å². The molecule has 0 saturated heterocycles. The first-order valence-electron chi connectivity index (χ1n) is 7.58. The fourth-order valence-electron chi connectivity index (χ4n) is 1.91. The topological polar surface area (TPSA) is 44.8 Å². The predicted molar refractivity (Wildman–Crippen MR) is 95.8 cm³/mol. The van der Waals surface area contributed by atoms with Crippen molar-refractivity contribution in [2.75, 3.05) is 40.3 Å². The second kappa shape index (κ2) is 9.85. The van der Waals surface area contributed by atoms with Crippen LogP contribution in [-0.4, -0.2) is 62.2 Å². The van der Waals surface area contributed by atoms with Crippen LogP contribution < -0.4 is 10.1 Å². The molecule has 0 aliphatic rings. The molecule has 0 fully saturated rings. The summed E-state index contributed by atoms with van der Waals surface area (Å²) < 4.78 is 5.64. The maximum Gasteiger partial charge on any atom is 0.317 e. The lowest BCUT2D eigenvalue weighted by Crippen LogP contribution is -2.47. The van der Waals surface area contributed by atoms with Gasteiger partial charge in [0.05, 0.1) is 16.6 Å². The minimum Gasteiger partial charge on any atom is -0.492 e. The fraction of sp³-hybridized carbons (Fsp3) is 0.562. The Morgan fingerprint density at radius 2 is 1.91 bits per heavy atom. The van der Waals surface area contributed by atoms with Crippen molar-refractivity contribution >= 4 is 29.2 Å². The predicted octanol–water partition coefficient (Wildman–Crippen LogP) is 3.35. The number of halogens is 2. The maximum atomic E-state index is 12.2. The van der Waals surface area contributed by atoms with Gasteiger partial charge in [0.2, 0.25) is 0 Å². The van der Waals surface area contributed by atoms with Gasteiger partial charge in [0.1, 0.15) is 12.4 Å². The summed E-state index contributed by atoms with van der Waals surface area (Å²) in [5.41, 5.74) is 0. The number of rotatable bonds is 8. The van der Waals surface area contributed by atoms with E-state index < -0.39 is 0 Å². The van der Waals surface area contributed by atoms with E-state index in [4.69, 9.17) is 27.9 Å². The van der Waals surface area contributed by atoms with Crippen molar-refractivity contribution in [3.8, 4) is 5.75 Å². The molecule has 7 heteroatoms. The summed E-state index contributed by atoms with van der Waals surface area (Å²) in [4.78, 5) is 16.0. The number of nitrogens with one attached hydrogen (secondary N) is 1. The highest BCUT2D eigenvalue weighted by molar-refractivity contribution is 6.42. The summed E-state index contributed by atoms with van der Waals surface area (Å²) in [6, 6.07) is 5.12. The molecule has 1 rings (SSSR count). The Labute approximate surface area is 148 Å². The average Bonchev–Trinajstić information content (AvgIpc) is 2.46. The first kappa shape index (κ1) is 19.9. The van der Waals surface area contributed by atoms with E-state index in [2.05, 4.69) is 5.32 Å². The van der Waals surface area contributed by atoms with Gasteiger partial charge in [0.15, 0.2) is 0 Å². The molecule has 5 nitrogen and oxygen atoms in total. The summed E-state index contributed by atoms with van der Waals surface area (Å²) >= 11 is 11.8. The van der Waals surface area contributed by atoms with E-state index in [-0.39, 0.29) is 12.1 Å². The molecular formula is C16H25Cl2N3O2. The molecule has 0 spiro atoms. The summed E-state index contributed by atoms with van der Waals surface area (Å²) in [5.74, 6) is 0.635. The van der Waals surface area contributed by atoms with Crippen LogP contribution in [-0.2, 0) is 0 Å². The lowest BCUT2D eigenvalue weighted by molar-refractivity contribution is 0.165. The molecule has 1 aromatic carbocycles. The number of likely N-dealkylation sites (N-methyl/N-ethyl adjacent to an activating group) is 1. The second-order valence-electron chi connectivity index (χ2n) is 5.75. The molecule has 0 atom stereocenters. The van der Waals surface area contributed by atoms with E-state index >= 15 is 0 Å². The zero-order valence-electron chi connectivity index (χ0n) is 14.1. The van der Waals surface area contributed by atoms with Crippen LogP contribution in [0.4, 0.5) is 4.79 Å². The highest BCUT2D eigenvalue weighted by atomic mass is 35.5. The zero-order valence-corrected chi connectivity index (χ0v) is 15.6. The first-order chi connectivity index (χ1) is 10.8. The van der Waals surface area contributed by atoms with Crippen molar-refractivity contribution in [1.82, 2.24) is 15.1 Å². The number of carbonyl (C=O) groups excluding carboxylic acids is 1. The normalized spacial score (nSPS) is 11.0. The number of amides is 2. The minimum atomic E-state index is -0.0837. The molecule has 0 aliphatic carbocycles. The van der Waals surface area contributed by atoms with Crippen LogP contribution in [0.3, 0.4) is 0 Å². The third kappa shape index (κ3) is 7.29. The average molecular weight is 362 g/mol. The molecule has 2 amide bonds. The van der Waals surface area contributed by atoms with Crippen molar-refractivity contribution in [3.63, 3.8) is 0 Å². The Bertz CT molecular complexity index is 510. The SMILES string of the molecule is CC(C)N(CCOc1ccc(Cl)c(Cl)c1)C(=O)NCCN(C)C. The second-order valence-corrected chi connectivity index (χ2v) is 6.56. The van der Waals surface area contributed by atoms with Crippen LogP contribution in [0, 0.1) is 0 Å². The van der Waals surface area contributed by atoms with Gasteiger partial charge in [-0.05, 0) is 40.1 Å². The van der Waals surface area contributed by atoms with E-state index in [1.54, 1.807) is 23.1 Å². The summed E-state index contributed by atoms with van der Waals surface area (Å²) in [6.45, 7) is 6.25. The third-order valence-electron chi connectivity index (χ3n) is 3.21. The van der Waals surface area contributed by atoms with Crippen LogP contribution >= 0.6 is 23.2 Å². The minimum absolute atomic E-state index is 0.0837. The van der Waals surface area contributed by atoms with Gasteiger partial charge < -0.3 is 19.9 Å². The Morgan fingerprint density at radius 3 is 2.48 bits per heavy atom. The van der Waals surface area contributed by atoms with Crippen LogP contribution in [0.25, 0.3) is 0 Å². The quantitative estimate of drug-likeness (QED) is 0.771. The van der Waals surface area contributed by atoms with Gasteiger partial charge in [0, 0.05) is 25.2 Å². The number of ether oxygens (including phenoxy) is 1. The monoisotopic (exact) mass is 361 g/mol. The molecule has 0 aliphatic heterocycles. The van der Waals surface area contributed by atoms with Crippen LogP contribution in [0.2, 0.25) is 10.0 Å². The van der Waals surface area contributed by atoms with E-state index in [9.17, 15) is 4.79 Å². The molecule has 130 valence electrons. The van der Waals surface area contributed by atoms with E-state index in [1.165, 1.54) is 0 Å². The Balaban J connectivity index is 2.46. The number of urea groups is 1. The van der Waals surface area contributed by atoms with E-state index in [0.717, 1.165) is 6.54 Å². The molecule has 0 unspecified atom stereocenters. The van der Waals surface area contributed by atoms with Crippen molar-refractivity contribution in [2.45, 2.75) is 19.9 Å². The number of nitrogens with zero attached hydrogens (tertiary/aromatic N) is 2. The highest BCUT2D eigenvalue weighted by Crippen LogP contribution is 2.26. The van der Waals surface area contributed by atoms with E-state index in [1.807, 2.05) is 32.8 Å². The first-order valence-corrected chi connectivity index (χ1v) is 8.34. The van der Waals surface area contributed by atoms with Crippen LogP contribution in [0.5, 0.6) is 5.75 Å². The largest absolute Gasteiger partial charge is 0.492 e. The van der Waals surface area contributed by atoms with Crippen molar-refractivity contribution in [1.29, 1.82) is 0 Å². The molecule has 1 aromatic rings. The molecule has 0 aromatic heterocycles. The third-order valence-corrected chi connectivity index (χ3v) is 3.95. The van der Waals surface area contributed by atoms with Gasteiger partial charge in [-0.15, -0.1) is 0 Å².